The van der Waals surface area contributed by atoms with Gasteiger partial charge in [0.2, 0.25) is 5.89 Å². The Hall–Kier alpha value is -2.67. The van der Waals surface area contributed by atoms with Gasteiger partial charge >= 0.3 is 0 Å². The third kappa shape index (κ3) is 3.55. The zero-order valence-corrected chi connectivity index (χ0v) is 17.6. The lowest BCUT2D eigenvalue weighted by Gasteiger charge is -2.39. The van der Waals surface area contributed by atoms with Crippen molar-refractivity contribution < 1.29 is 17.7 Å². The van der Waals surface area contributed by atoms with Crippen LogP contribution in [-0.2, 0) is 21.7 Å². The number of hydrogen-bond acceptors (Lipinski definition) is 6. The Kier molecular flexibility index (Phi) is 4.94. The molecule has 29 heavy (non-hydrogen) atoms. The van der Waals surface area contributed by atoms with E-state index in [0.29, 0.717) is 23.9 Å². The van der Waals surface area contributed by atoms with Gasteiger partial charge in [-0.05, 0) is 48.6 Å². The topological polar surface area (TPSA) is 82.3 Å². The molecule has 1 aromatic heterocycles. The summed E-state index contributed by atoms with van der Waals surface area (Å²) < 4.78 is 34.7. The highest BCUT2D eigenvalue weighted by Crippen LogP contribution is 2.49. The molecule has 0 N–H and O–H groups in total. The molecule has 152 valence electrons. The lowest BCUT2D eigenvalue weighted by Crippen LogP contribution is -2.36. The number of aryl methyl sites for hydroxylation is 1. The monoisotopic (exact) mass is 412 g/mol. The molecule has 0 amide bonds. The van der Waals surface area contributed by atoms with Gasteiger partial charge in [0.1, 0.15) is 10.6 Å². The molecule has 6 nitrogen and oxygen atoms in total. The van der Waals surface area contributed by atoms with E-state index in [1.807, 2.05) is 6.07 Å². The summed E-state index contributed by atoms with van der Waals surface area (Å²) in [6.07, 6.45) is 4.73. The normalized spacial score (nSPS) is 15.7. The fourth-order valence-electron chi connectivity index (χ4n) is 4.07. The van der Waals surface area contributed by atoms with Crippen LogP contribution in [0.25, 0.3) is 0 Å². The average Bonchev–Trinajstić information content (AvgIpc) is 3.10. The fourth-order valence-corrected chi connectivity index (χ4v) is 4.89. The largest absolute Gasteiger partial charge is 0.495 e. The Morgan fingerprint density at radius 3 is 2.55 bits per heavy atom. The standard InChI is InChI=1S/C22H24N2O4S/c1-15-7-4-5-8-17(15)22(11-6-12-22)21-23-20(24-28-21)14-16-9-10-19(29(3,25)26)18(13-16)27-2/h4-5,7-10,13H,6,11-12,14H2,1-3H3. The minimum Gasteiger partial charge on any atom is -0.495 e. The van der Waals surface area contributed by atoms with Gasteiger partial charge in [0, 0.05) is 12.7 Å². The van der Waals surface area contributed by atoms with Crippen LogP contribution in [0.4, 0.5) is 0 Å². The summed E-state index contributed by atoms with van der Waals surface area (Å²) >= 11 is 0. The van der Waals surface area contributed by atoms with Crippen molar-refractivity contribution in [2.45, 2.75) is 42.9 Å². The van der Waals surface area contributed by atoms with E-state index in [2.05, 4.69) is 30.3 Å². The molecule has 0 saturated heterocycles. The molecule has 1 aliphatic rings. The molecule has 1 saturated carbocycles. The predicted molar refractivity (Wildman–Crippen MR) is 109 cm³/mol. The molecule has 1 heterocycles. The smallest absolute Gasteiger partial charge is 0.237 e. The van der Waals surface area contributed by atoms with E-state index in [4.69, 9.17) is 14.2 Å². The Morgan fingerprint density at radius 2 is 1.93 bits per heavy atom. The van der Waals surface area contributed by atoms with Crippen LogP contribution in [0.2, 0.25) is 0 Å². The summed E-state index contributed by atoms with van der Waals surface area (Å²) in [4.78, 5) is 4.88. The maximum Gasteiger partial charge on any atom is 0.237 e. The quantitative estimate of drug-likeness (QED) is 0.612. The molecule has 7 heteroatoms. The molecular weight excluding hydrogens is 388 g/mol. The van der Waals surface area contributed by atoms with Crippen molar-refractivity contribution in [3.63, 3.8) is 0 Å². The average molecular weight is 413 g/mol. The van der Waals surface area contributed by atoms with E-state index in [1.165, 1.54) is 24.5 Å². The third-order valence-electron chi connectivity index (χ3n) is 5.73. The fraction of sp³-hybridized carbons (Fsp3) is 0.364. The van der Waals surface area contributed by atoms with Gasteiger partial charge in [0.05, 0.1) is 12.5 Å². The van der Waals surface area contributed by atoms with Gasteiger partial charge in [0.15, 0.2) is 15.7 Å². The number of hydrogen-bond donors (Lipinski definition) is 0. The molecule has 2 aromatic carbocycles. The van der Waals surface area contributed by atoms with Crippen molar-refractivity contribution in [2.24, 2.45) is 0 Å². The van der Waals surface area contributed by atoms with Gasteiger partial charge in [0.25, 0.3) is 0 Å². The van der Waals surface area contributed by atoms with Crippen LogP contribution in [0, 0.1) is 6.92 Å². The molecule has 4 rings (SSSR count). The maximum absolute atomic E-state index is 11.9. The van der Waals surface area contributed by atoms with E-state index in [-0.39, 0.29) is 10.3 Å². The first-order valence-electron chi connectivity index (χ1n) is 9.60. The third-order valence-corrected chi connectivity index (χ3v) is 6.87. The number of sulfone groups is 1. The summed E-state index contributed by atoms with van der Waals surface area (Å²) in [5.74, 6) is 1.56. The lowest BCUT2D eigenvalue weighted by atomic mass is 9.63. The van der Waals surface area contributed by atoms with Gasteiger partial charge in [-0.1, -0.05) is 41.9 Å². The van der Waals surface area contributed by atoms with Crippen LogP contribution in [-0.4, -0.2) is 31.9 Å². The molecule has 0 aliphatic heterocycles. The van der Waals surface area contributed by atoms with Crippen LogP contribution < -0.4 is 4.74 Å². The van der Waals surface area contributed by atoms with Gasteiger partial charge in [-0.3, -0.25) is 0 Å². The lowest BCUT2D eigenvalue weighted by molar-refractivity contribution is 0.215. The highest BCUT2D eigenvalue weighted by Gasteiger charge is 2.46. The van der Waals surface area contributed by atoms with Crippen molar-refractivity contribution in [3.05, 3.63) is 70.9 Å². The zero-order valence-electron chi connectivity index (χ0n) is 16.8. The van der Waals surface area contributed by atoms with E-state index < -0.39 is 9.84 Å². The number of rotatable bonds is 6. The molecule has 0 unspecified atom stereocenters. The Balaban J connectivity index is 1.63. The summed E-state index contributed by atoms with van der Waals surface area (Å²) in [5, 5.41) is 4.20. The number of methoxy groups -OCH3 is 1. The minimum absolute atomic E-state index is 0.172. The maximum atomic E-state index is 11.9. The van der Waals surface area contributed by atoms with Gasteiger partial charge in [-0.2, -0.15) is 4.98 Å². The second-order valence-electron chi connectivity index (χ2n) is 7.70. The van der Waals surface area contributed by atoms with Crippen LogP contribution in [0.15, 0.2) is 51.9 Å². The molecule has 1 aliphatic carbocycles. The SMILES string of the molecule is COc1cc(Cc2noc(C3(c4ccccc4C)CCC3)n2)ccc1S(C)(=O)=O. The van der Waals surface area contributed by atoms with Gasteiger partial charge in [-0.15, -0.1) is 0 Å². The van der Waals surface area contributed by atoms with Crippen LogP contribution in [0.1, 0.15) is 47.7 Å². The second-order valence-corrected chi connectivity index (χ2v) is 9.68. The summed E-state index contributed by atoms with van der Waals surface area (Å²) in [7, 11) is -1.89. The Labute approximate surface area is 170 Å². The molecular formula is C22H24N2O4S. The number of aromatic nitrogens is 2. The first kappa shape index (κ1) is 19.6. The number of nitrogens with zero attached hydrogens (tertiary/aromatic N) is 2. The van der Waals surface area contributed by atoms with Crippen molar-refractivity contribution in [3.8, 4) is 5.75 Å². The van der Waals surface area contributed by atoms with Gasteiger partial charge < -0.3 is 9.26 Å². The van der Waals surface area contributed by atoms with Crippen molar-refractivity contribution in [1.82, 2.24) is 10.1 Å². The van der Waals surface area contributed by atoms with Crippen LogP contribution in [0.3, 0.4) is 0 Å². The number of ether oxygens (including phenoxy) is 1. The Morgan fingerprint density at radius 1 is 1.17 bits per heavy atom. The molecule has 1 fully saturated rings. The van der Waals surface area contributed by atoms with Gasteiger partial charge in [-0.25, -0.2) is 8.42 Å². The summed E-state index contributed by atoms with van der Waals surface area (Å²) in [6.45, 7) is 2.11. The van der Waals surface area contributed by atoms with Crippen molar-refractivity contribution >= 4 is 9.84 Å². The van der Waals surface area contributed by atoms with Crippen LogP contribution in [0.5, 0.6) is 5.75 Å². The molecule has 0 radical (unpaired) electrons. The zero-order chi connectivity index (χ0) is 20.6. The molecule has 3 aromatic rings. The summed E-state index contributed by atoms with van der Waals surface area (Å²) in [6, 6.07) is 13.4. The van der Waals surface area contributed by atoms with E-state index in [9.17, 15) is 8.42 Å². The van der Waals surface area contributed by atoms with E-state index >= 15 is 0 Å². The first-order chi connectivity index (χ1) is 13.8. The molecule has 0 spiro atoms. The minimum atomic E-state index is -3.36. The van der Waals surface area contributed by atoms with Crippen molar-refractivity contribution in [1.29, 1.82) is 0 Å². The highest BCUT2D eigenvalue weighted by molar-refractivity contribution is 7.90. The number of benzene rings is 2. The van der Waals surface area contributed by atoms with Crippen LogP contribution >= 0.6 is 0 Å². The summed E-state index contributed by atoms with van der Waals surface area (Å²) in [5.41, 5.74) is 3.14. The van der Waals surface area contributed by atoms with E-state index in [1.54, 1.807) is 18.2 Å². The predicted octanol–water partition coefficient (Wildman–Crippen LogP) is 3.85. The second kappa shape index (κ2) is 7.30. The molecule has 0 atom stereocenters. The first-order valence-corrected chi connectivity index (χ1v) is 11.5. The molecule has 0 bridgehead atoms. The van der Waals surface area contributed by atoms with Crippen molar-refractivity contribution in [2.75, 3.05) is 13.4 Å². The van der Waals surface area contributed by atoms with E-state index in [0.717, 1.165) is 24.8 Å². The Bertz CT molecular complexity index is 1150. The highest BCUT2D eigenvalue weighted by atomic mass is 32.2.